The fourth-order valence-electron chi connectivity index (χ4n) is 1.44. The van der Waals surface area contributed by atoms with Crippen molar-refractivity contribution < 1.29 is 14.5 Å². The van der Waals surface area contributed by atoms with E-state index in [2.05, 4.69) is 10.3 Å². The fraction of sp³-hybridized carbons (Fsp3) is 0.167. The minimum atomic E-state index is -0.570. The minimum Gasteiger partial charge on any atom is -0.491 e. The van der Waals surface area contributed by atoms with Gasteiger partial charge in [0.2, 0.25) is 5.91 Å². The number of hydrogen-bond acceptors (Lipinski definition) is 6. The summed E-state index contributed by atoms with van der Waals surface area (Å²) in [4.78, 5) is 25.3. The van der Waals surface area contributed by atoms with Crippen LogP contribution in [0, 0.1) is 10.1 Å². The van der Waals surface area contributed by atoms with E-state index in [4.69, 9.17) is 27.9 Å². The van der Waals surface area contributed by atoms with Crippen LogP contribution in [0.5, 0.6) is 5.75 Å². The first-order valence-corrected chi connectivity index (χ1v) is 7.51. The monoisotopic (exact) mass is 361 g/mol. The number of rotatable bonds is 6. The van der Waals surface area contributed by atoms with Crippen LogP contribution < -0.4 is 10.1 Å². The summed E-state index contributed by atoms with van der Waals surface area (Å²) in [7, 11) is 0. The normalized spacial score (nSPS) is 10.3. The van der Waals surface area contributed by atoms with Gasteiger partial charge in [-0.25, -0.2) is 4.98 Å². The average Bonchev–Trinajstić information content (AvgIpc) is 2.90. The highest BCUT2D eigenvalue weighted by Crippen LogP contribution is 2.28. The molecule has 0 unspecified atom stereocenters. The van der Waals surface area contributed by atoms with Crippen LogP contribution in [-0.4, -0.2) is 22.4 Å². The number of anilines is 1. The van der Waals surface area contributed by atoms with Crippen molar-refractivity contribution in [1.29, 1.82) is 0 Å². The Morgan fingerprint density at radius 2 is 2.23 bits per heavy atom. The lowest BCUT2D eigenvalue weighted by Gasteiger charge is -2.07. The first-order valence-electron chi connectivity index (χ1n) is 5.93. The van der Waals surface area contributed by atoms with E-state index < -0.39 is 4.92 Å². The number of amides is 1. The zero-order valence-electron chi connectivity index (χ0n) is 10.9. The van der Waals surface area contributed by atoms with Crippen molar-refractivity contribution in [3.63, 3.8) is 0 Å². The first-order chi connectivity index (χ1) is 10.5. The molecule has 1 aromatic heterocycles. The molecule has 0 radical (unpaired) electrons. The quantitative estimate of drug-likeness (QED) is 0.624. The lowest BCUT2D eigenvalue weighted by Crippen LogP contribution is -2.15. The van der Waals surface area contributed by atoms with Crippen LogP contribution >= 0.6 is 34.5 Å². The van der Waals surface area contributed by atoms with E-state index in [1.807, 2.05) is 0 Å². The van der Waals surface area contributed by atoms with Crippen LogP contribution in [0.15, 0.2) is 24.4 Å². The van der Waals surface area contributed by atoms with Gasteiger partial charge in [-0.15, -0.1) is 0 Å². The maximum Gasteiger partial charge on any atom is 0.345 e. The third-order valence-electron chi connectivity index (χ3n) is 2.40. The molecule has 10 heteroatoms. The van der Waals surface area contributed by atoms with Crippen LogP contribution in [0.3, 0.4) is 0 Å². The maximum atomic E-state index is 11.7. The van der Waals surface area contributed by atoms with Gasteiger partial charge in [0.15, 0.2) is 5.13 Å². The number of hydrogen-bond donors (Lipinski definition) is 1. The minimum absolute atomic E-state index is 0.0479. The van der Waals surface area contributed by atoms with E-state index in [0.29, 0.717) is 15.8 Å². The summed E-state index contributed by atoms with van der Waals surface area (Å²) in [5.74, 6) is 0.0538. The SMILES string of the molecule is O=C(CCOc1ccc(Cl)cc1Cl)Nc1ncc([N+](=O)[O-])s1. The Bertz CT molecular complexity index is 707. The second kappa shape index (κ2) is 7.39. The van der Waals surface area contributed by atoms with E-state index in [0.717, 1.165) is 17.5 Å². The number of carbonyl (C=O) groups excluding carboxylic acids is 1. The molecule has 0 saturated carbocycles. The van der Waals surface area contributed by atoms with Gasteiger partial charge in [0, 0.05) is 5.02 Å². The fourth-order valence-corrected chi connectivity index (χ4v) is 2.55. The molecule has 0 aliphatic rings. The van der Waals surface area contributed by atoms with Gasteiger partial charge in [0.25, 0.3) is 0 Å². The molecule has 0 aliphatic carbocycles. The summed E-state index contributed by atoms with van der Waals surface area (Å²) in [6.45, 7) is 0.0979. The first kappa shape index (κ1) is 16.5. The second-order valence-electron chi connectivity index (χ2n) is 3.98. The van der Waals surface area contributed by atoms with Crippen molar-refractivity contribution >= 4 is 50.6 Å². The molecular formula is C12H9Cl2N3O4S. The van der Waals surface area contributed by atoms with Crippen molar-refractivity contribution in [3.05, 3.63) is 44.6 Å². The van der Waals surface area contributed by atoms with Crippen LogP contribution in [0.4, 0.5) is 10.1 Å². The highest BCUT2D eigenvalue weighted by molar-refractivity contribution is 7.18. The van der Waals surface area contributed by atoms with Gasteiger partial charge in [-0.2, -0.15) is 0 Å². The summed E-state index contributed by atoms with van der Waals surface area (Å²) in [6, 6.07) is 4.76. The van der Waals surface area contributed by atoms with Crippen molar-refractivity contribution in [3.8, 4) is 5.75 Å². The van der Waals surface area contributed by atoms with Gasteiger partial charge in [-0.05, 0) is 29.5 Å². The van der Waals surface area contributed by atoms with Crippen molar-refractivity contribution in [1.82, 2.24) is 4.98 Å². The summed E-state index contributed by atoms with van der Waals surface area (Å²) >= 11 is 12.5. The molecule has 2 aromatic rings. The van der Waals surface area contributed by atoms with Gasteiger partial charge in [-0.3, -0.25) is 14.9 Å². The maximum absolute atomic E-state index is 11.7. The van der Waals surface area contributed by atoms with Crippen LogP contribution in [0.25, 0.3) is 0 Å². The molecule has 22 heavy (non-hydrogen) atoms. The Morgan fingerprint density at radius 3 is 2.86 bits per heavy atom. The van der Waals surface area contributed by atoms with Crippen molar-refractivity contribution in [2.24, 2.45) is 0 Å². The van der Waals surface area contributed by atoms with Gasteiger partial charge in [0.05, 0.1) is 23.0 Å². The second-order valence-corrected chi connectivity index (χ2v) is 5.83. The molecule has 1 heterocycles. The van der Waals surface area contributed by atoms with E-state index >= 15 is 0 Å². The van der Waals surface area contributed by atoms with E-state index in [-0.39, 0.29) is 29.1 Å². The Morgan fingerprint density at radius 1 is 1.45 bits per heavy atom. The molecule has 7 nitrogen and oxygen atoms in total. The van der Waals surface area contributed by atoms with E-state index in [1.54, 1.807) is 12.1 Å². The predicted octanol–water partition coefficient (Wildman–Crippen LogP) is 3.77. The van der Waals surface area contributed by atoms with Gasteiger partial charge in [0.1, 0.15) is 11.9 Å². The smallest absolute Gasteiger partial charge is 0.345 e. The third-order valence-corrected chi connectivity index (χ3v) is 3.80. The molecule has 0 fully saturated rings. The zero-order chi connectivity index (χ0) is 16.1. The molecule has 116 valence electrons. The number of nitro groups is 1. The molecular weight excluding hydrogens is 353 g/mol. The van der Waals surface area contributed by atoms with E-state index in [1.165, 1.54) is 6.07 Å². The number of carbonyl (C=O) groups is 1. The molecule has 1 aromatic carbocycles. The standard InChI is InChI=1S/C12H9Cl2N3O4S/c13-7-1-2-9(8(14)5-7)21-4-3-10(18)16-12-15-6-11(22-12)17(19)20/h1-2,5-6H,3-4H2,(H,15,16,18). The van der Waals surface area contributed by atoms with Crippen molar-refractivity contribution in [2.45, 2.75) is 6.42 Å². The molecule has 0 aliphatic heterocycles. The molecule has 0 atom stereocenters. The Labute approximate surface area is 139 Å². The zero-order valence-corrected chi connectivity index (χ0v) is 13.2. The lowest BCUT2D eigenvalue weighted by molar-refractivity contribution is -0.380. The number of halogens is 2. The number of nitrogens with zero attached hydrogens (tertiary/aromatic N) is 2. The number of nitrogens with one attached hydrogen (secondary N) is 1. The highest BCUT2D eigenvalue weighted by Gasteiger charge is 2.13. The lowest BCUT2D eigenvalue weighted by atomic mass is 10.3. The molecule has 0 saturated heterocycles. The summed E-state index contributed by atoms with van der Waals surface area (Å²) in [5.41, 5.74) is 0. The van der Waals surface area contributed by atoms with Crippen molar-refractivity contribution in [2.75, 3.05) is 11.9 Å². The van der Waals surface area contributed by atoms with Crippen LogP contribution in [-0.2, 0) is 4.79 Å². The molecule has 1 N–H and O–H groups in total. The third kappa shape index (κ3) is 4.55. The number of ether oxygens (including phenoxy) is 1. The highest BCUT2D eigenvalue weighted by atomic mass is 35.5. The Balaban J connectivity index is 1.81. The number of benzene rings is 1. The molecule has 0 spiro atoms. The molecule has 2 rings (SSSR count). The van der Waals surface area contributed by atoms with Crippen LogP contribution in [0.2, 0.25) is 10.0 Å². The summed E-state index contributed by atoms with van der Waals surface area (Å²) in [5, 5.41) is 13.8. The Kier molecular flexibility index (Phi) is 5.53. The predicted molar refractivity (Wildman–Crippen MR) is 84.0 cm³/mol. The van der Waals surface area contributed by atoms with Crippen LogP contribution in [0.1, 0.15) is 6.42 Å². The summed E-state index contributed by atoms with van der Waals surface area (Å²) < 4.78 is 5.37. The van der Waals surface area contributed by atoms with E-state index in [9.17, 15) is 14.9 Å². The average molecular weight is 362 g/mol. The topological polar surface area (TPSA) is 94.4 Å². The van der Waals surface area contributed by atoms with Gasteiger partial charge in [-0.1, -0.05) is 23.2 Å². The van der Waals surface area contributed by atoms with Gasteiger partial charge < -0.3 is 10.1 Å². The molecule has 0 bridgehead atoms. The largest absolute Gasteiger partial charge is 0.491 e. The molecule has 1 amide bonds. The van der Waals surface area contributed by atoms with Gasteiger partial charge >= 0.3 is 5.00 Å². The summed E-state index contributed by atoms with van der Waals surface area (Å²) in [6.07, 6.45) is 1.14. The number of aromatic nitrogens is 1. The Hall–Kier alpha value is -1.90. The number of thiazole rings is 1.